The lowest BCUT2D eigenvalue weighted by molar-refractivity contribution is 0.102. The van der Waals surface area contributed by atoms with Crippen molar-refractivity contribution in [2.45, 2.75) is 6.92 Å². The van der Waals surface area contributed by atoms with E-state index in [0.29, 0.717) is 22.7 Å². The Morgan fingerprint density at radius 1 is 1.25 bits per heavy atom. The average Bonchev–Trinajstić information content (AvgIpc) is 2.43. The van der Waals surface area contributed by atoms with Gasteiger partial charge in [0.25, 0.3) is 5.91 Å². The van der Waals surface area contributed by atoms with Gasteiger partial charge in [-0.15, -0.1) is 0 Å². The number of benzene rings is 2. The molecule has 0 fully saturated rings. The third-order valence-corrected chi connectivity index (χ3v) is 2.91. The number of carbonyl (C=O) groups is 1. The van der Waals surface area contributed by atoms with Gasteiger partial charge in [-0.2, -0.15) is 0 Å². The fourth-order valence-electron chi connectivity index (χ4n) is 1.74. The first-order chi connectivity index (χ1) is 9.51. The van der Waals surface area contributed by atoms with E-state index in [-0.39, 0.29) is 5.56 Å². The molecule has 0 aliphatic heterocycles. The Morgan fingerprint density at radius 2 is 2.00 bits per heavy atom. The summed E-state index contributed by atoms with van der Waals surface area (Å²) in [4.78, 5) is 12.1. The molecule has 1 amide bonds. The minimum atomic E-state index is -0.415. The molecule has 0 radical (unpaired) electrons. The van der Waals surface area contributed by atoms with Crippen molar-refractivity contribution in [3.05, 3.63) is 53.3 Å². The fourth-order valence-corrected chi connectivity index (χ4v) is 1.74. The Labute approximate surface area is 116 Å². The molecule has 5 heteroatoms. The van der Waals surface area contributed by atoms with Gasteiger partial charge in [-0.1, -0.05) is 6.07 Å². The lowest BCUT2D eigenvalue weighted by Crippen LogP contribution is -2.13. The number of ether oxygens (including phenoxy) is 1. The maximum atomic E-state index is 13.5. The number of carbonyl (C=O) groups excluding carboxylic acids is 1. The third-order valence-electron chi connectivity index (χ3n) is 2.91. The van der Waals surface area contributed by atoms with E-state index < -0.39 is 11.7 Å². The number of nitrogen functional groups attached to an aromatic ring is 1. The number of methoxy groups -OCH3 is 1. The smallest absolute Gasteiger partial charge is 0.255 e. The van der Waals surface area contributed by atoms with Crippen molar-refractivity contribution in [3.63, 3.8) is 0 Å². The zero-order valence-electron chi connectivity index (χ0n) is 11.2. The average molecular weight is 274 g/mol. The predicted octanol–water partition coefficient (Wildman–Crippen LogP) is 2.98. The van der Waals surface area contributed by atoms with Crippen molar-refractivity contribution in [1.29, 1.82) is 0 Å². The summed E-state index contributed by atoms with van der Waals surface area (Å²) in [6, 6.07) is 9.21. The van der Waals surface area contributed by atoms with Gasteiger partial charge in [0.1, 0.15) is 11.6 Å². The molecule has 0 saturated heterocycles. The Balaban J connectivity index is 2.25. The number of rotatable bonds is 3. The molecule has 2 aromatic rings. The first kappa shape index (κ1) is 13.9. The maximum Gasteiger partial charge on any atom is 0.255 e. The number of nitrogens with one attached hydrogen (secondary N) is 1. The van der Waals surface area contributed by atoms with Gasteiger partial charge in [0.2, 0.25) is 0 Å². The first-order valence-corrected chi connectivity index (χ1v) is 6.02. The highest BCUT2D eigenvalue weighted by Gasteiger charge is 2.11. The molecule has 4 nitrogen and oxygen atoms in total. The number of halogens is 1. The van der Waals surface area contributed by atoms with E-state index in [9.17, 15) is 9.18 Å². The van der Waals surface area contributed by atoms with Crippen LogP contribution >= 0.6 is 0 Å². The molecule has 0 aliphatic rings. The molecule has 0 aromatic heterocycles. The van der Waals surface area contributed by atoms with Crippen LogP contribution in [0.2, 0.25) is 0 Å². The van der Waals surface area contributed by atoms with Crippen molar-refractivity contribution < 1.29 is 13.9 Å². The van der Waals surface area contributed by atoms with Gasteiger partial charge in [-0.3, -0.25) is 4.79 Å². The molecule has 20 heavy (non-hydrogen) atoms. The molecule has 104 valence electrons. The van der Waals surface area contributed by atoms with Gasteiger partial charge in [0, 0.05) is 17.3 Å². The van der Waals surface area contributed by atoms with E-state index in [4.69, 9.17) is 10.5 Å². The van der Waals surface area contributed by atoms with Crippen molar-refractivity contribution >= 4 is 17.3 Å². The van der Waals surface area contributed by atoms with Gasteiger partial charge < -0.3 is 15.8 Å². The standard InChI is InChI=1S/C15H15FN2O2/c1-9-3-4-10(7-12(9)16)15(19)18-13-6-5-11(17)8-14(13)20-2/h3-8H,17H2,1-2H3,(H,18,19). The molecule has 0 spiro atoms. The Kier molecular flexibility index (Phi) is 3.89. The summed E-state index contributed by atoms with van der Waals surface area (Å²) in [6.45, 7) is 1.64. The second-order valence-corrected chi connectivity index (χ2v) is 4.38. The molecule has 0 saturated carbocycles. The molecule has 2 aromatic carbocycles. The van der Waals surface area contributed by atoms with E-state index in [1.165, 1.54) is 13.2 Å². The Bertz CT molecular complexity index is 656. The number of hydrogen-bond acceptors (Lipinski definition) is 3. The van der Waals surface area contributed by atoms with Crippen molar-refractivity contribution in [1.82, 2.24) is 0 Å². The van der Waals surface area contributed by atoms with Gasteiger partial charge in [-0.25, -0.2) is 4.39 Å². The highest BCUT2D eigenvalue weighted by Crippen LogP contribution is 2.27. The second kappa shape index (κ2) is 5.61. The van der Waals surface area contributed by atoms with Crippen molar-refractivity contribution in [2.75, 3.05) is 18.2 Å². The van der Waals surface area contributed by atoms with Crippen LogP contribution in [0.5, 0.6) is 5.75 Å². The summed E-state index contributed by atoms with van der Waals surface area (Å²) in [6.07, 6.45) is 0. The summed E-state index contributed by atoms with van der Waals surface area (Å²) in [7, 11) is 1.48. The fraction of sp³-hybridized carbons (Fsp3) is 0.133. The molecular weight excluding hydrogens is 259 g/mol. The number of aryl methyl sites for hydroxylation is 1. The molecular formula is C15H15FN2O2. The zero-order chi connectivity index (χ0) is 14.7. The van der Waals surface area contributed by atoms with Crippen LogP contribution in [0.4, 0.5) is 15.8 Å². The quantitative estimate of drug-likeness (QED) is 0.846. The molecule has 0 unspecified atom stereocenters. The SMILES string of the molecule is COc1cc(N)ccc1NC(=O)c1ccc(C)c(F)c1. The molecule has 0 aliphatic carbocycles. The van der Waals surface area contributed by atoms with Crippen LogP contribution in [0.3, 0.4) is 0 Å². The van der Waals surface area contributed by atoms with Crippen LogP contribution in [0.15, 0.2) is 36.4 Å². The number of hydrogen-bond donors (Lipinski definition) is 2. The number of nitrogens with two attached hydrogens (primary N) is 1. The highest BCUT2D eigenvalue weighted by atomic mass is 19.1. The lowest BCUT2D eigenvalue weighted by atomic mass is 10.1. The predicted molar refractivity (Wildman–Crippen MR) is 76.5 cm³/mol. The van der Waals surface area contributed by atoms with Gasteiger partial charge >= 0.3 is 0 Å². The highest BCUT2D eigenvalue weighted by molar-refractivity contribution is 6.05. The van der Waals surface area contributed by atoms with Gasteiger partial charge in [-0.05, 0) is 36.8 Å². The van der Waals surface area contributed by atoms with E-state index in [0.717, 1.165) is 0 Å². The van der Waals surface area contributed by atoms with Crippen LogP contribution in [0.25, 0.3) is 0 Å². The number of amides is 1. The molecule has 0 atom stereocenters. The van der Waals surface area contributed by atoms with Crippen LogP contribution in [0.1, 0.15) is 15.9 Å². The van der Waals surface area contributed by atoms with E-state index in [1.807, 2.05) is 0 Å². The van der Waals surface area contributed by atoms with Gasteiger partial charge in [0.15, 0.2) is 0 Å². The Hall–Kier alpha value is -2.56. The minimum absolute atomic E-state index is 0.243. The molecule has 0 heterocycles. The maximum absolute atomic E-state index is 13.5. The molecule has 0 bridgehead atoms. The van der Waals surface area contributed by atoms with Crippen molar-refractivity contribution in [3.8, 4) is 5.75 Å². The molecule has 2 rings (SSSR count). The summed E-state index contributed by atoms with van der Waals surface area (Å²) in [5.41, 5.74) is 7.38. The normalized spacial score (nSPS) is 10.2. The van der Waals surface area contributed by atoms with Gasteiger partial charge in [0.05, 0.1) is 12.8 Å². The number of anilines is 2. The van der Waals surface area contributed by atoms with Crippen LogP contribution < -0.4 is 15.8 Å². The summed E-state index contributed by atoms with van der Waals surface area (Å²) >= 11 is 0. The first-order valence-electron chi connectivity index (χ1n) is 6.02. The molecule has 3 N–H and O–H groups in total. The summed E-state index contributed by atoms with van der Waals surface area (Å²) in [5.74, 6) is -0.375. The minimum Gasteiger partial charge on any atom is -0.494 e. The topological polar surface area (TPSA) is 64.3 Å². The van der Waals surface area contributed by atoms with E-state index in [2.05, 4.69) is 5.32 Å². The van der Waals surface area contributed by atoms with Crippen LogP contribution in [0, 0.1) is 12.7 Å². The Morgan fingerprint density at radius 3 is 2.65 bits per heavy atom. The van der Waals surface area contributed by atoms with Crippen molar-refractivity contribution in [2.24, 2.45) is 0 Å². The van der Waals surface area contributed by atoms with E-state index >= 15 is 0 Å². The van der Waals surface area contributed by atoms with Crippen LogP contribution in [-0.2, 0) is 0 Å². The lowest BCUT2D eigenvalue weighted by Gasteiger charge is -2.11. The summed E-state index contributed by atoms with van der Waals surface area (Å²) in [5, 5.41) is 2.67. The summed E-state index contributed by atoms with van der Waals surface area (Å²) < 4.78 is 18.6. The zero-order valence-corrected chi connectivity index (χ0v) is 11.2. The second-order valence-electron chi connectivity index (χ2n) is 4.38. The largest absolute Gasteiger partial charge is 0.494 e. The third kappa shape index (κ3) is 2.88. The van der Waals surface area contributed by atoms with E-state index in [1.54, 1.807) is 37.3 Å². The monoisotopic (exact) mass is 274 g/mol. The van der Waals surface area contributed by atoms with Crippen LogP contribution in [-0.4, -0.2) is 13.0 Å².